The molecule has 7 heteroatoms. The monoisotopic (exact) mass is 406 g/mol. The van der Waals surface area contributed by atoms with Crippen LogP contribution < -0.4 is 14.8 Å². The van der Waals surface area contributed by atoms with Crippen molar-refractivity contribution in [2.45, 2.75) is 25.9 Å². The maximum atomic E-state index is 12.4. The Hall–Kier alpha value is -3.06. The van der Waals surface area contributed by atoms with Crippen LogP contribution in [0.2, 0.25) is 0 Å². The van der Waals surface area contributed by atoms with E-state index in [0.29, 0.717) is 19.0 Å². The van der Waals surface area contributed by atoms with Crippen molar-refractivity contribution in [1.29, 1.82) is 0 Å². The lowest BCUT2D eigenvalue weighted by Gasteiger charge is -2.31. The molecule has 1 N–H and O–H groups in total. The van der Waals surface area contributed by atoms with Crippen molar-refractivity contribution >= 4 is 16.9 Å². The van der Waals surface area contributed by atoms with Gasteiger partial charge in [0, 0.05) is 13.1 Å². The van der Waals surface area contributed by atoms with Gasteiger partial charge in [0.1, 0.15) is 0 Å². The van der Waals surface area contributed by atoms with Gasteiger partial charge in [-0.2, -0.15) is 0 Å². The molecule has 30 heavy (non-hydrogen) atoms. The number of ether oxygens (including phenoxy) is 2. The molecule has 3 heterocycles. The Morgan fingerprint density at radius 1 is 1.10 bits per heavy atom. The molecule has 0 atom stereocenters. The Morgan fingerprint density at radius 3 is 2.83 bits per heavy atom. The molecule has 1 fully saturated rings. The second-order valence-corrected chi connectivity index (χ2v) is 8.07. The molecular formula is C23H26N4O3. The molecule has 0 unspecified atom stereocenters. The van der Waals surface area contributed by atoms with Gasteiger partial charge in [0.15, 0.2) is 11.5 Å². The predicted octanol–water partition coefficient (Wildman–Crippen LogP) is 2.79. The summed E-state index contributed by atoms with van der Waals surface area (Å²) in [6.45, 7) is 4.11. The highest BCUT2D eigenvalue weighted by Gasteiger charge is 2.22. The minimum atomic E-state index is 0.0618. The molecule has 156 valence electrons. The third-order valence-corrected chi connectivity index (χ3v) is 5.98. The first-order valence-electron chi connectivity index (χ1n) is 10.5. The highest BCUT2D eigenvalue weighted by atomic mass is 16.7. The van der Waals surface area contributed by atoms with Gasteiger partial charge in [0.25, 0.3) is 0 Å². The second-order valence-electron chi connectivity index (χ2n) is 8.07. The SMILES string of the molecule is O=C(CN1CCC(Cn2cnc3ccccc32)CC1)NCc1ccc2c(c1)OCO2. The van der Waals surface area contributed by atoms with Gasteiger partial charge in [0.05, 0.1) is 23.9 Å². The van der Waals surface area contributed by atoms with Crippen LogP contribution in [0.5, 0.6) is 11.5 Å². The fourth-order valence-electron chi connectivity index (χ4n) is 4.27. The summed E-state index contributed by atoms with van der Waals surface area (Å²) in [5.74, 6) is 2.19. The van der Waals surface area contributed by atoms with Crippen LogP contribution in [0.1, 0.15) is 18.4 Å². The van der Waals surface area contributed by atoms with Gasteiger partial charge in [-0.05, 0) is 61.7 Å². The van der Waals surface area contributed by atoms with Crippen LogP contribution in [0, 0.1) is 5.92 Å². The fraction of sp³-hybridized carbons (Fsp3) is 0.391. The van der Waals surface area contributed by atoms with E-state index in [9.17, 15) is 4.79 Å². The summed E-state index contributed by atoms with van der Waals surface area (Å²) in [5, 5.41) is 3.02. The molecule has 2 aliphatic rings. The zero-order valence-corrected chi connectivity index (χ0v) is 16.9. The largest absolute Gasteiger partial charge is 0.454 e. The van der Waals surface area contributed by atoms with E-state index in [1.807, 2.05) is 30.6 Å². The first kappa shape index (κ1) is 18.9. The molecule has 3 aromatic rings. The van der Waals surface area contributed by atoms with Crippen molar-refractivity contribution in [3.63, 3.8) is 0 Å². The number of amides is 1. The fourth-order valence-corrected chi connectivity index (χ4v) is 4.27. The van der Waals surface area contributed by atoms with Crippen molar-refractivity contribution in [2.24, 2.45) is 5.92 Å². The number of benzene rings is 2. The summed E-state index contributed by atoms with van der Waals surface area (Å²) in [6, 6.07) is 14.0. The lowest BCUT2D eigenvalue weighted by Crippen LogP contribution is -2.41. The van der Waals surface area contributed by atoms with Crippen molar-refractivity contribution in [1.82, 2.24) is 19.8 Å². The third kappa shape index (κ3) is 4.11. The number of hydrogen-bond donors (Lipinski definition) is 1. The number of carbonyl (C=O) groups excluding carboxylic acids is 1. The van der Waals surface area contributed by atoms with E-state index in [0.717, 1.165) is 55.1 Å². The van der Waals surface area contributed by atoms with Crippen LogP contribution in [-0.4, -0.2) is 46.8 Å². The highest BCUT2D eigenvalue weighted by molar-refractivity contribution is 5.78. The van der Waals surface area contributed by atoms with E-state index in [-0.39, 0.29) is 12.7 Å². The number of rotatable bonds is 6. The normalized spacial score (nSPS) is 16.8. The molecule has 1 aromatic heterocycles. The van der Waals surface area contributed by atoms with E-state index in [1.165, 1.54) is 5.52 Å². The van der Waals surface area contributed by atoms with Crippen LogP contribution in [0.25, 0.3) is 11.0 Å². The highest BCUT2D eigenvalue weighted by Crippen LogP contribution is 2.32. The number of carbonyl (C=O) groups is 1. The van der Waals surface area contributed by atoms with E-state index < -0.39 is 0 Å². The molecule has 1 saturated heterocycles. The number of nitrogens with one attached hydrogen (secondary N) is 1. The van der Waals surface area contributed by atoms with E-state index in [1.54, 1.807) is 0 Å². The first-order chi connectivity index (χ1) is 14.7. The van der Waals surface area contributed by atoms with Gasteiger partial charge in [-0.15, -0.1) is 0 Å². The standard InChI is InChI=1S/C23H26N4O3/c28-23(24-12-18-5-6-21-22(11-18)30-16-29-21)14-26-9-7-17(8-10-26)13-27-15-25-19-3-1-2-4-20(19)27/h1-6,11,15,17H,7-10,12-14,16H2,(H,24,28). The summed E-state index contributed by atoms with van der Waals surface area (Å²) in [5.41, 5.74) is 3.26. The molecule has 2 aromatic carbocycles. The molecular weight excluding hydrogens is 380 g/mol. The quantitative estimate of drug-likeness (QED) is 0.682. The average Bonchev–Trinajstić information content (AvgIpc) is 3.40. The molecule has 1 amide bonds. The summed E-state index contributed by atoms with van der Waals surface area (Å²) >= 11 is 0. The number of aromatic nitrogens is 2. The topological polar surface area (TPSA) is 68.6 Å². The maximum absolute atomic E-state index is 12.4. The molecule has 5 rings (SSSR count). The van der Waals surface area contributed by atoms with Crippen molar-refractivity contribution in [3.05, 3.63) is 54.4 Å². The number of piperidine rings is 1. The lowest BCUT2D eigenvalue weighted by molar-refractivity contribution is -0.122. The third-order valence-electron chi connectivity index (χ3n) is 5.98. The average molecular weight is 406 g/mol. The lowest BCUT2D eigenvalue weighted by atomic mass is 9.96. The van der Waals surface area contributed by atoms with Crippen LogP contribution in [0.3, 0.4) is 0 Å². The van der Waals surface area contributed by atoms with Crippen molar-refractivity contribution in [3.8, 4) is 11.5 Å². The number of nitrogens with zero attached hydrogens (tertiary/aromatic N) is 3. The van der Waals surface area contributed by atoms with E-state index in [4.69, 9.17) is 9.47 Å². The predicted molar refractivity (Wildman–Crippen MR) is 113 cm³/mol. The van der Waals surface area contributed by atoms with E-state index >= 15 is 0 Å². The Morgan fingerprint density at radius 2 is 1.93 bits per heavy atom. The summed E-state index contributed by atoms with van der Waals surface area (Å²) in [7, 11) is 0. The first-order valence-corrected chi connectivity index (χ1v) is 10.5. The Balaban J connectivity index is 1.07. The van der Waals surface area contributed by atoms with Crippen LogP contribution in [0.15, 0.2) is 48.8 Å². The van der Waals surface area contributed by atoms with E-state index in [2.05, 4.69) is 38.0 Å². The molecule has 0 aliphatic carbocycles. The Labute approximate surface area is 175 Å². The zero-order chi connectivity index (χ0) is 20.3. The minimum absolute atomic E-state index is 0.0618. The number of likely N-dealkylation sites (tertiary alicyclic amines) is 1. The summed E-state index contributed by atoms with van der Waals surface area (Å²) < 4.78 is 13.0. The minimum Gasteiger partial charge on any atom is -0.454 e. The number of imidazole rings is 1. The molecule has 2 aliphatic heterocycles. The van der Waals surface area contributed by atoms with Gasteiger partial charge >= 0.3 is 0 Å². The van der Waals surface area contributed by atoms with Crippen molar-refractivity contribution < 1.29 is 14.3 Å². The van der Waals surface area contributed by atoms with Crippen LogP contribution in [0.4, 0.5) is 0 Å². The molecule has 0 spiro atoms. The Bertz CT molecular complexity index is 1040. The molecule has 0 bridgehead atoms. The number of para-hydroxylation sites is 2. The van der Waals surface area contributed by atoms with Crippen molar-refractivity contribution in [2.75, 3.05) is 26.4 Å². The summed E-state index contributed by atoms with van der Waals surface area (Å²) in [6.07, 6.45) is 4.14. The Kier molecular flexibility index (Phi) is 5.27. The van der Waals surface area contributed by atoms with Crippen LogP contribution >= 0.6 is 0 Å². The van der Waals surface area contributed by atoms with Crippen LogP contribution in [-0.2, 0) is 17.9 Å². The second kappa shape index (κ2) is 8.36. The van der Waals surface area contributed by atoms with Gasteiger partial charge < -0.3 is 19.4 Å². The maximum Gasteiger partial charge on any atom is 0.234 e. The molecule has 0 saturated carbocycles. The number of hydrogen-bond acceptors (Lipinski definition) is 5. The molecule has 0 radical (unpaired) electrons. The number of fused-ring (bicyclic) bond motifs is 2. The smallest absolute Gasteiger partial charge is 0.234 e. The van der Waals surface area contributed by atoms with Gasteiger partial charge in [-0.3, -0.25) is 9.69 Å². The van der Waals surface area contributed by atoms with Gasteiger partial charge in [-0.25, -0.2) is 4.98 Å². The summed E-state index contributed by atoms with van der Waals surface area (Å²) in [4.78, 5) is 19.1. The molecule has 7 nitrogen and oxygen atoms in total. The van der Waals surface area contributed by atoms with Gasteiger partial charge in [-0.1, -0.05) is 18.2 Å². The zero-order valence-electron chi connectivity index (χ0n) is 16.9. The van der Waals surface area contributed by atoms with Gasteiger partial charge in [0.2, 0.25) is 12.7 Å².